The van der Waals surface area contributed by atoms with Gasteiger partial charge in [0, 0.05) is 37.3 Å². The van der Waals surface area contributed by atoms with Gasteiger partial charge in [-0.25, -0.2) is 9.97 Å². The van der Waals surface area contributed by atoms with Gasteiger partial charge in [-0.3, -0.25) is 4.79 Å². The van der Waals surface area contributed by atoms with Crippen LogP contribution in [-0.2, 0) is 4.74 Å². The Hall–Kier alpha value is -2.47. The van der Waals surface area contributed by atoms with Crippen LogP contribution in [0, 0.1) is 0 Å². The third kappa shape index (κ3) is 4.38. The molecular weight excluding hydrogens is 328 g/mol. The van der Waals surface area contributed by atoms with Crippen molar-refractivity contribution >= 4 is 17.5 Å². The maximum atomic E-state index is 12.9. The molecule has 1 unspecified atom stereocenters. The molecule has 138 valence electrons. The normalized spacial score (nSPS) is 19.0. The molecule has 1 fully saturated rings. The molecule has 0 saturated carbocycles. The molecule has 26 heavy (non-hydrogen) atoms. The van der Waals surface area contributed by atoms with Crippen LogP contribution in [0.5, 0.6) is 0 Å². The monoisotopic (exact) mass is 354 g/mol. The van der Waals surface area contributed by atoms with Crippen molar-refractivity contribution in [2.75, 3.05) is 18.5 Å². The second-order valence-electron chi connectivity index (χ2n) is 7.13. The van der Waals surface area contributed by atoms with Crippen LogP contribution in [0.2, 0.25) is 0 Å². The minimum absolute atomic E-state index is 0.0264. The lowest BCUT2D eigenvalue weighted by atomic mass is 9.92. The third-order valence-corrected chi connectivity index (χ3v) is 4.64. The van der Waals surface area contributed by atoms with Gasteiger partial charge in [0.05, 0.1) is 11.2 Å². The molecule has 1 aromatic carbocycles. The van der Waals surface area contributed by atoms with E-state index in [0.717, 1.165) is 18.5 Å². The highest BCUT2D eigenvalue weighted by Crippen LogP contribution is 2.28. The number of amides is 1. The number of hydrogen-bond donors (Lipinski definition) is 1. The average Bonchev–Trinajstić information content (AvgIpc) is 2.63. The average molecular weight is 354 g/mol. The third-order valence-electron chi connectivity index (χ3n) is 4.64. The fraction of sp³-hybridized carbons (Fsp3) is 0.450. The summed E-state index contributed by atoms with van der Waals surface area (Å²) in [4.78, 5) is 23.4. The van der Waals surface area contributed by atoms with Crippen molar-refractivity contribution in [2.45, 2.75) is 45.3 Å². The fourth-order valence-corrected chi connectivity index (χ4v) is 3.35. The van der Waals surface area contributed by atoms with Crippen LogP contribution < -0.4 is 5.32 Å². The molecule has 0 radical (unpaired) electrons. The number of para-hydroxylation sites is 1. The lowest BCUT2D eigenvalue weighted by molar-refractivity contribution is -0.0777. The van der Waals surface area contributed by atoms with E-state index < -0.39 is 0 Å². The van der Waals surface area contributed by atoms with E-state index in [9.17, 15) is 4.79 Å². The summed E-state index contributed by atoms with van der Waals surface area (Å²) in [6, 6.07) is 9.88. The molecule has 0 aliphatic carbocycles. The van der Waals surface area contributed by atoms with E-state index in [-0.39, 0.29) is 17.6 Å². The van der Waals surface area contributed by atoms with Crippen LogP contribution in [-0.4, -0.2) is 45.6 Å². The summed E-state index contributed by atoms with van der Waals surface area (Å²) in [6.45, 7) is 7.49. The minimum atomic E-state index is -0.198. The topological polar surface area (TPSA) is 67.4 Å². The van der Waals surface area contributed by atoms with Gasteiger partial charge in [-0.2, -0.15) is 0 Å². The Kier molecular flexibility index (Phi) is 5.52. The molecular formula is C20H26N4O2. The molecule has 1 amide bonds. The van der Waals surface area contributed by atoms with Gasteiger partial charge in [-0.05, 0) is 45.7 Å². The number of carbonyl (C=O) groups is 1. The van der Waals surface area contributed by atoms with E-state index in [0.29, 0.717) is 24.7 Å². The number of nitrogens with one attached hydrogen (secondary N) is 1. The molecule has 2 aromatic rings. The van der Waals surface area contributed by atoms with E-state index >= 15 is 0 Å². The highest BCUT2D eigenvalue weighted by atomic mass is 16.5. The van der Waals surface area contributed by atoms with Gasteiger partial charge < -0.3 is 15.0 Å². The minimum Gasteiger partial charge on any atom is -0.375 e. The van der Waals surface area contributed by atoms with Crippen molar-refractivity contribution in [2.24, 2.45) is 0 Å². The Morgan fingerprint density at radius 3 is 2.58 bits per heavy atom. The highest BCUT2D eigenvalue weighted by molar-refractivity contribution is 5.94. The van der Waals surface area contributed by atoms with Crippen LogP contribution in [0.3, 0.4) is 0 Å². The first-order valence-corrected chi connectivity index (χ1v) is 9.07. The number of ether oxygens (including phenoxy) is 1. The lowest BCUT2D eigenvalue weighted by Crippen LogP contribution is -2.48. The molecule has 1 saturated heterocycles. The second kappa shape index (κ2) is 7.83. The zero-order chi connectivity index (χ0) is 18.6. The number of aromatic nitrogens is 2. The molecule has 0 spiro atoms. The van der Waals surface area contributed by atoms with Crippen molar-refractivity contribution in [1.29, 1.82) is 0 Å². The SMILES string of the molecule is CCN(C(=O)c1cnc(Nc2ccccc2)nc1)C1CCOC(C)(C)C1. The smallest absolute Gasteiger partial charge is 0.257 e. The summed E-state index contributed by atoms with van der Waals surface area (Å²) in [6.07, 6.45) is 4.88. The Bertz CT molecular complexity index is 731. The zero-order valence-corrected chi connectivity index (χ0v) is 15.6. The van der Waals surface area contributed by atoms with Crippen LogP contribution in [0.4, 0.5) is 11.6 Å². The van der Waals surface area contributed by atoms with Crippen molar-refractivity contribution in [3.05, 3.63) is 48.3 Å². The molecule has 1 atom stereocenters. The maximum absolute atomic E-state index is 12.9. The van der Waals surface area contributed by atoms with E-state index in [2.05, 4.69) is 29.1 Å². The predicted octanol–water partition coefficient (Wildman–Crippen LogP) is 3.64. The standard InChI is InChI=1S/C20H26N4O2/c1-4-24(17-10-11-26-20(2,3)12-17)18(25)15-13-21-19(22-14-15)23-16-8-6-5-7-9-16/h5-9,13-14,17H,4,10-12H2,1-3H3,(H,21,22,23). The summed E-state index contributed by atoms with van der Waals surface area (Å²) in [5.74, 6) is 0.449. The number of anilines is 2. The van der Waals surface area contributed by atoms with E-state index in [1.165, 1.54) is 0 Å². The summed E-state index contributed by atoms with van der Waals surface area (Å²) < 4.78 is 5.78. The van der Waals surface area contributed by atoms with Gasteiger partial charge in [-0.1, -0.05) is 18.2 Å². The Labute approximate surface area is 154 Å². The molecule has 1 N–H and O–H groups in total. The summed E-state index contributed by atoms with van der Waals surface area (Å²) in [5, 5.41) is 3.12. The fourth-order valence-electron chi connectivity index (χ4n) is 3.35. The summed E-state index contributed by atoms with van der Waals surface area (Å²) in [5.41, 5.74) is 1.22. The number of rotatable bonds is 5. The van der Waals surface area contributed by atoms with Gasteiger partial charge in [0.2, 0.25) is 5.95 Å². The molecule has 1 aliphatic rings. The highest BCUT2D eigenvalue weighted by Gasteiger charge is 2.34. The lowest BCUT2D eigenvalue weighted by Gasteiger charge is -2.41. The quantitative estimate of drug-likeness (QED) is 0.888. The van der Waals surface area contributed by atoms with Gasteiger partial charge in [-0.15, -0.1) is 0 Å². The van der Waals surface area contributed by atoms with Crippen molar-refractivity contribution < 1.29 is 9.53 Å². The Balaban J connectivity index is 1.70. The first-order chi connectivity index (χ1) is 12.5. The maximum Gasteiger partial charge on any atom is 0.257 e. The van der Waals surface area contributed by atoms with Crippen molar-refractivity contribution in [3.63, 3.8) is 0 Å². The molecule has 0 bridgehead atoms. The van der Waals surface area contributed by atoms with Crippen LogP contribution in [0.25, 0.3) is 0 Å². The van der Waals surface area contributed by atoms with Crippen molar-refractivity contribution in [1.82, 2.24) is 14.9 Å². The van der Waals surface area contributed by atoms with E-state index in [1.807, 2.05) is 42.2 Å². The molecule has 1 aliphatic heterocycles. The molecule has 2 heterocycles. The number of hydrogen-bond acceptors (Lipinski definition) is 5. The number of benzene rings is 1. The molecule has 6 heteroatoms. The summed E-state index contributed by atoms with van der Waals surface area (Å²) in [7, 11) is 0. The largest absolute Gasteiger partial charge is 0.375 e. The Morgan fingerprint density at radius 1 is 1.27 bits per heavy atom. The Morgan fingerprint density at radius 2 is 1.96 bits per heavy atom. The van der Waals surface area contributed by atoms with Gasteiger partial charge in [0.1, 0.15) is 0 Å². The number of nitrogens with zero attached hydrogens (tertiary/aromatic N) is 3. The van der Waals surface area contributed by atoms with Crippen LogP contribution in [0.1, 0.15) is 44.0 Å². The van der Waals surface area contributed by atoms with E-state index in [1.54, 1.807) is 12.4 Å². The first kappa shape index (κ1) is 18.3. The molecule has 1 aromatic heterocycles. The molecule has 3 rings (SSSR count). The van der Waals surface area contributed by atoms with Gasteiger partial charge in [0.25, 0.3) is 5.91 Å². The first-order valence-electron chi connectivity index (χ1n) is 9.07. The predicted molar refractivity (Wildman–Crippen MR) is 102 cm³/mol. The summed E-state index contributed by atoms with van der Waals surface area (Å²) >= 11 is 0. The molecule has 6 nitrogen and oxygen atoms in total. The van der Waals surface area contributed by atoms with Gasteiger partial charge in [0.15, 0.2) is 0 Å². The van der Waals surface area contributed by atoms with Crippen molar-refractivity contribution in [3.8, 4) is 0 Å². The van der Waals surface area contributed by atoms with Crippen LogP contribution in [0.15, 0.2) is 42.7 Å². The van der Waals surface area contributed by atoms with Crippen LogP contribution >= 0.6 is 0 Å². The number of carbonyl (C=O) groups excluding carboxylic acids is 1. The second-order valence-corrected chi connectivity index (χ2v) is 7.13. The van der Waals surface area contributed by atoms with E-state index in [4.69, 9.17) is 4.74 Å². The van der Waals surface area contributed by atoms with Gasteiger partial charge >= 0.3 is 0 Å². The zero-order valence-electron chi connectivity index (χ0n) is 15.6.